The Morgan fingerprint density at radius 2 is 1.94 bits per heavy atom. The quantitative estimate of drug-likeness (QED) is 0.762. The molecule has 0 heterocycles. The summed E-state index contributed by atoms with van der Waals surface area (Å²) in [7, 11) is 0. The molecule has 16 heavy (non-hydrogen) atoms. The van der Waals surface area contributed by atoms with Crippen LogP contribution in [0.3, 0.4) is 0 Å². The molecule has 2 aliphatic carbocycles. The van der Waals surface area contributed by atoms with Crippen molar-refractivity contribution in [1.29, 1.82) is 0 Å². The van der Waals surface area contributed by atoms with E-state index in [1.54, 1.807) is 18.2 Å². The number of hydrogen-bond donors (Lipinski definition) is 0. The highest BCUT2D eigenvalue weighted by Crippen LogP contribution is 2.58. The van der Waals surface area contributed by atoms with E-state index in [0.717, 1.165) is 0 Å². The van der Waals surface area contributed by atoms with Crippen molar-refractivity contribution in [2.45, 2.75) is 25.7 Å². The Bertz CT molecular complexity index is 416. The van der Waals surface area contributed by atoms with Crippen LogP contribution in [0.5, 0.6) is 0 Å². The van der Waals surface area contributed by atoms with Gasteiger partial charge in [-0.15, -0.1) is 0 Å². The van der Waals surface area contributed by atoms with E-state index in [2.05, 4.69) is 0 Å². The molecule has 2 atom stereocenters. The molecule has 0 radical (unpaired) electrons. The maximum Gasteiger partial charge on any atom is 0.141 e. The average Bonchev–Trinajstić information content (AvgIpc) is 2.76. The fourth-order valence-electron chi connectivity index (χ4n) is 3.25. The molecule has 0 bridgehead atoms. The van der Waals surface area contributed by atoms with Crippen LogP contribution in [0.15, 0.2) is 24.3 Å². The molecule has 1 aromatic carbocycles. The highest BCUT2D eigenvalue weighted by Gasteiger charge is 2.55. The number of ketones is 1. The normalized spacial score (nSPS) is 31.2. The van der Waals surface area contributed by atoms with Crippen LogP contribution in [-0.4, -0.2) is 5.78 Å². The monoisotopic (exact) mass is 218 g/mol. The minimum Gasteiger partial charge on any atom is -0.299 e. The van der Waals surface area contributed by atoms with Crippen LogP contribution >= 0.6 is 0 Å². The molecule has 0 aromatic heterocycles. The lowest BCUT2D eigenvalue weighted by molar-refractivity contribution is -0.120. The lowest BCUT2D eigenvalue weighted by Gasteiger charge is -2.04. The van der Waals surface area contributed by atoms with Crippen molar-refractivity contribution in [2.75, 3.05) is 0 Å². The van der Waals surface area contributed by atoms with Gasteiger partial charge in [0.05, 0.1) is 0 Å². The SMILES string of the molecule is O=C(Cc1ccccc1F)C1C2CCCC21. The molecule has 2 unspecified atom stereocenters. The molecule has 84 valence electrons. The van der Waals surface area contributed by atoms with E-state index in [1.165, 1.54) is 25.3 Å². The number of benzene rings is 1. The van der Waals surface area contributed by atoms with E-state index in [1.807, 2.05) is 0 Å². The van der Waals surface area contributed by atoms with Crippen LogP contribution in [0, 0.1) is 23.6 Å². The van der Waals surface area contributed by atoms with Gasteiger partial charge in [0.1, 0.15) is 11.6 Å². The zero-order valence-electron chi connectivity index (χ0n) is 9.16. The third kappa shape index (κ3) is 1.57. The van der Waals surface area contributed by atoms with Gasteiger partial charge in [0.25, 0.3) is 0 Å². The van der Waals surface area contributed by atoms with Crippen LogP contribution in [0.1, 0.15) is 24.8 Å². The van der Waals surface area contributed by atoms with Crippen molar-refractivity contribution in [2.24, 2.45) is 17.8 Å². The first-order valence-corrected chi connectivity index (χ1v) is 6.03. The van der Waals surface area contributed by atoms with Crippen molar-refractivity contribution < 1.29 is 9.18 Å². The summed E-state index contributed by atoms with van der Waals surface area (Å²) in [5.41, 5.74) is 0.553. The van der Waals surface area contributed by atoms with E-state index in [-0.39, 0.29) is 23.9 Å². The van der Waals surface area contributed by atoms with E-state index in [0.29, 0.717) is 17.4 Å². The number of rotatable bonds is 3. The Hall–Kier alpha value is -1.18. The van der Waals surface area contributed by atoms with Gasteiger partial charge in [0, 0.05) is 12.3 Å². The first-order chi connectivity index (χ1) is 7.77. The zero-order chi connectivity index (χ0) is 11.1. The zero-order valence-corrected chi connectivity index (χ0v) is 9.16. The maximum absolute atomic E-state index is 13.4. The third-order valence-electron chi connectivity index (χ3n) is 4.10. The smallest absolute Gasteiger partial charge is 0.141 e. The summed E-state index contributed by atoms with van der Waals surface area (Å²) in [6.07, 6.45) is 3.97. The summed E-state index contributed by atoms with van der Waals surface area (Å²) in [5, 5.41) is 0. The minimum atomic E-state index is -0.248. The van der Waals surface area contributed by atoms with Gasteiger partial charge in [-0.25, -0.2) is 4.39 Å². The number of Topliss-reactive ketones (excluding diaryl/α,β-unsaturated/α-hetero) is 1. The second-order valence-corrected chi connectivity index (χ2v) is 5.02. The fourth-order valence-corrected chi connectivity index (χ4v) is 3.25. The van der Waals surface area contributed by atoms with E-state index < -0.39 is 0 Å². The molecule has 3 rings (SSSR count). The van der Waals surface area contributed by atoms with Crippen molar-refractivity contribution in [3.05, 3.63) is 35.6 Å². The van der Waals surface area contributed by atoms with Crippen LogP contribution in [-0.2, 0) is 11.2 Å². The number of hydrogen-bond acceptors (Lipinski definition) is 1. The molecule has 0 amide bonds. The Kier molecular flexibility index (Phi) is 2.31. The summed E-state index contributed by atoms with van der Waals surface area (Å²) in [5.74, 6) is 1.54. The molecule has 2 aliphatic rings. The van der Waals surface area contributed by atoms with Gasteiger partial charge in [-0.2, -0.15) is 0 Å². The first-order valence-electron chi connectivity index (χ1n) is 6.03. The Morgan fingerprint density at radius 3 is 2.62 bits per heavy atom. The summed E-state index contributed by atoms with van der Waals surface area (Å²) in [6.45, 7) is 0. The summed E-state index contributed by atoms with van der Waals surface area (Å²) in [4.78, 5) is 12.0. The predicted molar refractivity (Wildman–Crippen MR) is 59.4 cm³/mol. The molecule has 2 saturated carbocycles. The van der Waals surface area contributed by atoms with Crippen LogP contribution in [0.2, 0.25) is 0 Å². The van der Waals surface area contributed by atoms with Crippen molar-refractivity contribution in [3.8, 4) is 0 Å². The van der Waals surface area contributed by atoms with Gasteiger partial charge < -0.3 is 0 Å². The van der Waals surface area contributed by atoms with Crippen LogP contribution in [0.4, 0.5) is 4.39 Å². The van der Waals surface area contributed by atoms with Gasteiger partial charge in [0.2, 0.25) is 0 Å². The Morgan fingerprint density at radius 1 is 1.25 bits per heavy atom. The summed E-state index contributed by atoms with van der Waals surface area (Å²) >= 11 is 0. The summed E-state index contributed by atoms with van der Waals surface area (Å²) < 4.78 is 13.4. The van der Waals surface area contributed by atoms with Gasteiger partial charge in [-0.05, 0) is 36.3 Å². The number of fused-ring (bicyclic) bond motifs is 1. The van der Waals surface area contributed by atoms with Crippen molar-refractivity contribution in [1.82, 2.24) is 0 Å². The molecular formula is C14H15FO. The second-order valence-electron chi connectivity index (χ2n) is 5.02. The molecule has 2 heteroatoms. The van der Waals surface area contributed by atoms with Crippen molar-refractivity contribution >= 4 is 5.78 Å². The Balaban J connectivity index is 1.68. The number of carbonyl (C=O) groups excluding carboxylic acids is 1. The summed E-state index contributed by atoms with van der Waals surface area (Å²) in [6, 6.07) is 6.59. The molecular weight excluding hydrogens is 203 g/mol. The fraction of sp³-hybridized carbons (Fsp3) is 0.500. The maximum atomic E-state index is 13.4. The van der Waals surface area contributed by atoms with Gasteiger partial charge in [-0.1, -0.05) is 24.6 Å². The highest BCUT2D eigenvalue weighted by molar-refractivity contribution is 5.86. The van der Waals surface area contributed by atoms with Gasteiger partial charge >= 0.3 is 0 Å². The van der Waals surface area contributed by atoms with E-state index >= 15 is 0 Å². The second kappa shape index (κ2) is 3.69. The predicted octanol–water partition coefficient (Wildman–Crippen LogP) is 2.98. The average molecular weight is 218 g/mol. The molecule has 0 saturated heterocycles. The largest absolute Gasteiger partial charge is 0.299 e. The van der Waals surface area contributed by atoms with Crippen LogP contribution < -0.4 is 0 Å². The minimum absolute atomic E-state index is 0.248. The van der Waals surface area contributed by atoms with E-state index in [9.17, 15) is 9.18 Å². The third-order valence-corrected chi connectivity index (χ3v) is 4.10. The van der Waals surface area contributed by atoms with E-state index in [4.69, 9.17) is 0 Å². The Labute approximate surface area is 94.7 Å². The van der Waals surface area contributed by atoms with Crippen molar-refractivity contribution in [3.63, 3.8) is 0 Å². The van der Waals surface area contributed by atoms with Gasteiger partial charge in [0.15, 0.2) is 0 Å². The molecule has 1 nitrogen and oxygen atoms in total. The molecule has 2 fully saturated rings. The lowest BCUT2D eigenvalue weighted by atomic mass is 10.0. The lowest BCUT2D eigenvalue weighted by Crippen LogP contribution is -2.10. The standard InChI is InChI=1S/C14H15FO/c15-12-7-2-1-4-9(12)8-13(16)14-10-5-3-6-11(10)14/h1-2,4,7,10-11,14H,3,5-6,8H2. The molecule has 1 aromatic rings. The first kappa shape index (κ1) is 10.0. The number of carbonyl (C=O) groups is 1. The molecule has 0 N–H and O–H groups in total. The van der Waals surface area contributed by atoms with Gasteiger partial charge in [-0.3, -0.25) is 4.79 Å². The topological polar surface area (TPSA) is 17.1 Å². The number of halogens is 1. The molecule has 0 aliphatic heterocycles. The van der Waals surface area contributed by atoms with Crippen LogP contribution in [0.25, 0.3) is 0 Å². The highest BCUT2D eigenvalue weighted by atomic mass is 19.1. The molecule has 0 spiro atoms.